The maximum atomic E-state index is 10.6. The highest BCUT2D eigenvalue weighted by Gasteiger charge is 2.09. The lowest BCUT2D eigenvalue weighted by molar-refractivity contribution is -0.125. The molecule has 1 amide bonds. The van der Waals surface area contributed by atoms with Crippen LogP contribution in [0.15, 0.2) is 18.3 Å². The van der Waals surface area contributed by atoms with E-state index in [1.54, 1.807) is 25.4 Å². The van der Waals surface area contributed by atoms with Gasteiger partial charge in [0.05, 0.1) is 0 Å². The highest BCUT2D eigenvalue weighted by atomic mass is 16.3. The third-order valence-corrected chi connectivity index (χ3v) is 1.84. The minimum Gasteiger partial charge on any atom is -0.382 e. The Morgan fingerprint density at radius 3 is 3.07 bits per heavy atom. The highest BCUT2D eigenvalue weighted by molar-refractivity contribution is 5.79. The fourth-order valence-electron chi connectivity index (χ4n) is 0.992. The van der Waals surface area contributed by atoms with Gasteiger partial charge in [-0.05, 0) is 6.07 Å². The summed E-state index contributed by atoms with van der Waals surface area (Å²) in [6.45, 7) is 0.0858. The maximum Gasteiger partial charge on any atom is 0.248 e. The number of nitrogens with zero attached hydrogens (tertiary/aromatic N) is 1. The van der Waals surface area contributed by atoms with Crippen LogP contribution in [0.25, 0.3) is 0 Å². The summed E-state index contributed by atoms with van der Waals surface area (Å²) < 4.78 is 0. The number of aromatic nitrogens is 1. The molecular formula is C9H14N4O2. The van der Waals surface area contributed by atoms with E-state index in [1.165, 1.54) is 0 Å². The Morgan fingerprint density at radius 1 is 1.73 bits per heavy atom. The van der Waals surface area contributed by atoms with Gasteiger partial charge in [0.1, 0.15) is 11.9 Å². The summed E-state index contributed by atoms with van der Waals surface area (Å²) in [7, 11) is 1.75. The van der Waals surface area contributed by atoms with E-state index >= 15 is 0 Å². The van der Waals surface area contributed by atoms with Crippen LogP contribution in [0, 0.1) is 0 Å². The van der Waals surface area contributed by atoms with E-state index in [0.29, 0.717) is 5.82 Å². The van der Waals surface area contributed by atoms with Gasteiger partial charge >= 0.3 is 0 Å². The first-order valence-corrected chi connectivity index (χ1v) is 4.48. The van der Waals surface area contributed by atoms with Crippen molar-refractivity contribution >= 4 is 17.4 Å². The number of nitrogens with two attached hydrogens (primary N) is 1. The van der Waals surface area contributed by atoms with E-state index in [-0.39, 0.29) is 6.54 Å². The highest BCUT2D eigenvalue weighted by Crippen LogP contribution is 2.10. The lowest BCUT2D eigenvalue weighted by atomic mass is 10.3. The first kappa shape index (κ1) is 11.3. The zero-order valence-corrected chi connectivity index (χ0v) is 8.40. The van der Waals surface area contributed by atoms with Crippen molar-refractivity contribution in [3.05, 3.63) is 18.3 Å². The predicted molar refractivity (Wildman–Crippen MR) is 57.5 cm³/mol. The molecule has 82 valence electrons. The molecule has 0 spiro atoms. The van der Waals surface area contributed by atoms with E-state index in [2.05, 4.69) is 15.6 Å². The molecule has 1 atom stereocenters. The Balaban J connectivity index is 2.53. The first-order chi connectivity index (χ1) is 7.13. The van der Waals surface area contributed by atoms with Crippen molar-refractivity contribution in [3.63, 3.8) is 0 Å². The van der Waals surface area contributed by atoms with Crippen LogP contribution in [0.3, 0.4) is 0 Å². The van der Waals surface area contributed by atoms with E-state index in [0.717, 1.165) is 5.69 Å². The second-order valence-corrected chi connectivity index (χ2v) is 2.98. The van der Waals surface area contributed by atoms with Gasteiger partial charge in [0.2, 0.25) is 5.91 Å². The lowest BCUT2D eigenvalue weighted by Crippen LogP contribution is -2.34. The van der Waals surface area contributed by atoms with Gasteiger partial charge in [-0.3, -0.25) is 4.79 Å². The first-order valence-electron chi connectivity index (χ1n) is 4.48. The van der Waals surface area contributed by atoms with Crippen LogP contribution in [-0.2, 0) is 4.79 Å². The minimum absolute atomic E-state index is 0.0858. The molecular weight excluding hydrogens is 196 g/mol. The molecule has 1 heterocycles. The molecule has 0 aliphatic rings. The molecule has 0 saturated carbocycles. The predicted octanol–water partition coefficient (Wildman–Crippen LogP) is -0.619. The molecule has 5 N–H and O–H groups in total. The Bertz CT molecular complexity index is 343. The number of carbonyl (C=O) groups is 1. The quantitative estimate of drug-likeness (QED) is 0.519. The molecule has 1 aromatic heterocycles. The smallest absolute Gasteiger partial charge is 0.248 e. The zero-order valence-electron chi connectivity index (χ0n) is 8.40. The van der Waals surface area contributed by atoms with Crippen LogP contribution in [0.5, 0.6) is 0 Å². The van der Waals surface area contributed by atoms with Gasteiger partial charge in [-0.15, -0.1) is 0 Å². The molecule has 0 saturated heterocycles. The van der Waals surface area contributed by atoms with Crippen molar-refractivity contribution in [3.8, 4) is 0 Å². The Morgan fingerprint density at radius 2 is 2.47 bits per heavy atom. The minimum atomic E-state index is -1.18. The Kier molecular flexibility index (Phi) is 3.87. The van der Waals surface area contributed by atoms with E-state index in [1.807, 2.05) is 0 Å². The standard InChI is InChI=1S/C9H14N4O2/c1-11-8-4-6(2-3-12-8)13-5-7(14)9(10)15/h2-4,7,14H,5H2,1H3,(H2,10,15)(H2,11,12,13). The summed E-state index contributed by atoms with van der Waals surface area (Å²) in [5.74, 6) is -0.0426. The summed E-state index contributed by atoms with van der Waals surface area (Å²) in [6.07, 6.45) is 0.432. The molecule has 0 aliphatic carbocycles. The average molecular weight is 210 g/mol. The van der Waals surface area contributed by atoms with Crippen molar-refractivity contribution < 1.29 is 9.90 Å². The molecule has 1 rings (SSSR count). The number of aliphatic hydroxyl groups is 1. The largest absolute Gasteiger partial charge is 0.382 e. The van der Waals surface area contributed by atoms with Crippen LogP contribution in [-0.4, -0.2) is 35.7 Å². The molecule has 15 heavy (non-hydrogen) atoms. The molecule has 6 heteroatoms. The lowest BCUT2D eigenvalue weighted by Gasteiger charge is -2.10. The Labute approximate surface area is 87.5 Å². The second-order valence-electron chi connectivity index (χ2n) is 2.98. The molecule has 0 aromatic carbocycles. The van der Waals surface area contributed by atoms with Crippen molar-refractivity contribution in [2.45, 2.75) is 6.10 Å². The van der Waals surface area contributed by atoms with Gasteiger partial charge in [-0.2, -0.15) is 0 Å². The molecule has 0 bridgehead atoms. The van der Waals surface area contributed by atoms with Gasteiger partial charge in [0.15, 0.2) is 0 Å². The number of nitrogens with one attached hydrogen (secondary N) is 2. The number of hydrogen-bond acceptors (Lipinski definition) is 5. The van der Waals surface area contributed by atoms with Gasteiger partial charge in [0.25, 0.3) is 0 Å². The summed E-state index contributed by atoms with van der Waals surface area (Å²) in [5, 5.41) is 14.9. The van der Waals surface area contributed by atoms with E-state index < -0.39 is 12.0 Å². The Hall–Kier alpha value is -1.82. The number of rotatable bonds is 5. The van der Waals surface area contributed by atoms with Crippen LogP contribution in [0.2, 0.25) is 0 Å². The number of pyridine rings is 1. The molecule has 1 aromatic rings. The molecule has 6 nitrogen and oxygen atoms in total. The van der Waals surface area contributed by atoms with Crippen LogP contribution < -0.4 is 16.4 Å². The third kappa shape index (κ3) is 3.43. The maximum absolute atomic E-state index is 10.6. The average Bonchev–Trinajstić information content (AvgIpc) is 2.26. The van der Waals surface area contributed by atoms with Crippen LogP contribution in [0.1, 0.15) is 0 Å². The van der Waals surface area contributed by atoms with Gasteiger partial charge in [-0.25, -0.2) is 4.98 Å². The number of anilines is 2. The third-order valence-electron chi connectivity index (χ3n) is 1.84. The zero-order chi connectivity index (χ0) is 11.3. The SMILES string of the molecule is CNc1cc(NCC(O)C(N)=O)ccn1. The number of aliphatic hydroxyl groups excluding tert-OH is 1. The van der Waals surface area contributed by atoms with Crippen LogP contribution in [0.4, 0.5) is 11.5 Å². The van der Waals surface area contributed by atoms with Crippen LogP contribution >= 0.6 is 0 Å². The van der Waals surface area contributed by atoms with Crippen molar-refractivity contribution in [2.75, 3.05) is 24.2 Å². The number of hydrogen-bond donors (Lipinski definition) is 4. The number of primary amides is 1. The van der Waals surface area contributed by atoms with Gasteiger partial charge in [0, 0.05) is 31.5 Å². The summed E-state index contributed by atoms with van der Waals surface area (Å²) in [4.78, 5) is 14.6. The fourth-order valence-corrected chi connectivity index (χ4v) is 0.992. The molecule has 1 unspecified atom stereocenters. The summed E-state index contributed by atoms with van der Waals surface area (Å²) >= 11 is 0. The van der Waals surface area contributed by atoms with E-state index in [9.17, 15) is 4.79 Å². The van der Waals surface area contributed by atoms with Gasteiger partial charge < -0.3 is 21.5 Å². The summed E-state index contributed by atoms with van der Waals surface area (Å²) in [6, 6.07) is 3.49. The number of carbonyl (C=O) groups excluding carboxylic acids is 1. The second kappa shape index (κ2) is 5.16. The molecule has 0 fully saturated rings. The fraction of sp³-hybridized carbons (Fsp3) is 0.333. The topological polar surface area (TPSA) is 100 Å². The monoisotopic (exact) mass is 210 g/mol. The van der Waals surface area contributed by atoms with E-state index in [4.69, 9.17) is 10.8 Å². The molecule has 0 radical (unpaired) electrons. The van der Waals surface area contributed by atoms with Crippen molar-refractivity contribution in [2.24, 2.45) is 5.73 Å². The number of amides is 1. The molecule has 0 aliphatic heterocycles. The normalized spacial score (nSPS) is 11.9. The summed E-state index contributed by atoms with van der Waals surface area (Å²) in [5.41, 5.74) is 5.66. The van der Waals surface area contributed by atoms with Crippen molar-refractivity contribution in [1.29, 1.82) is 0 Å². The van der Waals surface area contributed by atoms with Gasteiger partial charge in [-0.1, -0.05) is 0 Å². The van der Waals surface area contributed by atoms with Crippen molar-refractivity contribution in [1.82, 2.24) is 4.98 Å².